The fraction of sp³-hybridized carbons (Fsp3) is 0.176. The summed E-state index contributed by atoms with van der Waals surface area (Å²) in [5.41, 5.74) is 3.43. The Morgan fingerprint density at radius 2 is 2.25 bits per heavy atom. The summed E-state index contributed by atoms with van der Waals surface area (Å²) in [4.78, 5) is 13.7. The summed E-state index contributed by atoms with van der Waals surface area (Å²) in [6.45, 7) is 0. The normalized spacial score (nSPS) is 16.8. The number of carbonyl (C=O) groups is 1. The van der Waals surface area contributed by atoms with Gasteiger partial charge in [-0.3, -0.25) is 9.89 Å². The van der Waals surface area contributed by atoms with Crippen LogP contribution in [0.25, 0.3) is 10.6 Å². The Morgan fingerprint density at radius 1 is 1.38 bits per heavy atom. The van der Waals surface area contributed by atoms with Gasteiger partial charge in [0.2, 0.25) is 0 Å². The van der Waals surface area contributed by atoms with E-state index in [1.807, 2.05) is 18.4 Å². The number of thioether (sulfide) groups is 1. The van der Waals surface area contributed by atoms with E-state index in [-0.39, 0.29) is 17.8 Å². The number of rotatable bonds is 3. The molecular formula is C17H14FN3OS2. The van der Waals surface area contributed by atoms with E-state index < -0.39 is 0 Å². The highest BCUT2D eigenvalue weighted by atomic mass is 32.2. The monoisotopic (exact) mass is 359 g/mol. The van der Waals surface area contributed by atoms with E-state index in [2.05, 4.69) is 15.5 Å². The Bertz CT molecular complexity index is 905. The third kappa shape index (κ3) is 2.53. The van der Waals surface area contributed by atoms with Gasteiger partial charge in [0.15, 0.2) is 0 Å². The second kappa shape index (κ2) is 6.07. The molecule has 4 nitrogen and oxygen atoms in total. The van der Waals surface area contributed by atoms with Crippen LogP contribution in [0.15, 0.2) is 40.7 Å². The van der Waals surface area contributed by atoms with E-state index in [1.54, 1.807) is 35.4 Å². The summed E-state index contributed by atoms with van der Waals surface area (Å²) in [5, 5.41) is 10.0. The molecule has 0 aliphatic carbocycles. The fourth-order valence-corrected chi connectivity index (χ4v) is 5.06. The zero-order valence-electron chi connectivity index (χ0n) is 12.8. The highest BCUT2D eigenvalue weighted by molar-refractivity contribution is 8.00. The molecule has 1 atom stereocenters. The number of aromatic amines is 1. The predicted molar refractivity (Wildman–Crippen MR) is 94.0 cm³/mol. The van der Waals surface area contributed by atoms with E-state index in [4.69, 9.17) is 0 Å². The molecule has 0 saturated heterocycles. The summed E-state index contributed by atoms with van der Waals surface area (Å²) in [5.74, 6) is -0.395. The van der Waals surface area contributed by atoms with Crippen molar-refractivity contribution in [1.82, 2.24) is 15.5 Å². The van der Waals surface area contributed by atoms with Gasteiger partial charge in [0, 0.05) is 6.20 Å². The van der Waals surface area contributed by atoms with E-state index in [9.17, 15) is 9.18 Å². The fourth-order valence-electron chi connectivity index (χ4n) is 3.02. The number of benzene rings is 1. The van der Waals surface area contributed by atoms with Gasteiger partial charge in [0.1, 0.15) is 5.82 Å². The van der Waals surface area contributed by atoms with Crippen molar-refractivity contribution in [2.75, 3.05) is 6.26 Å². The molecule has 3 aromatic rings. The Hall–Kier alpha value is -2.12. The molecule has 0 spiro atoms. The molecule has 0 fully saturated rings. The molecule has 1 aromatic carbocycles. The van der Waals surface area contributed by atoms with Crippen LogP contribution in [-0.2, 0) is 6.42 Å². The molecule has 0 radical (unpaired) electrons. The molecule has 1 amide bonds. The van der Waals surface area contributed by atoms with Crippen molar-refractivity contribution in [2.45, 2.75) is 16.7 Å². The van der Waals surface area contributed by atoms with Crippen molar-refractivity contribution in [3.63, 3.8) is 0 Å². The number of amides is 1. The van der Waals surface area contributed by atoms with Crippen LogP contribution in [0.4, 0.5) is 4.39 Å². The molecule has 24 heavy (non-hydrogen) atoms. The number of fused-ring (bicyclic) bond motifs is 1. The first kappa shape index (κ1) is 15.4. The van der Waals surface area contributed by atoms with Crippen molar-refractivity contribution < 1.29 is 9.18 Å². The van der Waals surface area contributed by atoms with Crippen LogP contribution in [0.1, 0.15) is 27.5 Å². The minimum Gasteiger partial charge on any atom is -0.345 e. The Kier molecular flexibility index (Phi) is 3.90. The lowest BCUT2D eigenvalue weighted by Gasteiger charge is -2.25. The first-order valence-corrected chi connectivity index (χ1v) is 9.47. The lowest BCUT2D eigenvalue weighted by molar-refractivity contribution is 0.0923. The number of hydrogen-bond donors (Lipinski definition) is 2. The molecule has 122 valence electrons. The van der Waals surface area contributed by atoms with Crippen LogP contribution in [0.5, 0.6) is 0 Å². The second-order valence-corrected chi connectivity index (χ2v) is 7.63. The molecule has 0 bridgehead atoms. The molecule has 1 aliphatic heterocycles. The molecule has 4 rings (SSSR count). The zero-order chi connectivity index (χ0) is 16.7. The van der Waals surface area contributed by atoms with Gasteiger partial charge in [-0.25, -0.2) is 4.39 Å². The van der Waals surface area contributed by atoms with Crippen molar-refractivity contribution in [3.8, 4) is 10.6 Å². The van der Waals surface area contributed by atoms with Crippen LogP contribution >= 0.6 is 23.1 Å². The number of hydrogen-bond acceptors (Lipinski definition) is 4. The van der Waals surface area contributed by atoms with Gasteiger partial charge in [-0.15, -0.1) is 23.1 Å². The Balaban J connectivity index is 1.81. The van der Waals surface area contributed by atoms with Crippen molar-refractivity contribution in [2.24, 2.45) is 0 Å². The topological polar surface area (TPSA) is 57.8 Å². The number of aromatic nitrogens is 2. The summed E-state index contributed by atoms with van der Waals surface area (Å²) < 4.78 is 14.5. The maximum atomic E-state index is 13.5. The van der Waals surface area contributed by atoms with Gasteiger partial charge in [0.05, 0.1) is 26.4 Å². The molecule has 7 heteroatoms. The molecule has 2 N–H and O–H groups in total. The number of thiophene rings is 1. The van der Waals surface area contributed by atoms with Crippen molar-refractivity contribution in [1.29, 1.82) is 0 Å². The standard InChI is InChI=1S/C17H14FN3OS2/c1-23-17-14-11(15(24-17)12-5-6-19-21-12)8-13(20-16(14)22)9-3-2-4-10(18)7-9/h2-7,13H,8H2,1H3,(H,19,21)(H,20,22). The lowest BCUT2D eigenvalue weighted by atomic mass is 9.92. The van der Waals surface area contributed by atoms with E-state index >= 15 is 0 Å². The highest BCUT2D eigenvalue weighted by Gasteiger charge is 2.32. The zero-order valence-corrected chi connectivity index (χ0v) is 14.4. The van der Waals surface area contributed by atoms with E-state index in [1.165, 1.54) is 12.1 Å². The maximum absolute atomic E-state index is 13.5. The van der Waals surface area contributed by atoms with Crippen molar-refractivity contribution in [3.05, 3.63) is 59.0 Å². The van der Waals surface area contributed by atoms with E-state index in [0.29, 0.717) is 6.42 Å². The largest absolute Gasteiger partial charge is 0.345 e. The van der Waals surface area contributed by atoms with Crippen molar-refractivity contribution >= 4 is 29.0 Å². The number of carbonyl (C=O) groups excluding carboxylic acids is 1. The predicted octanol–water partition coefficient (Wildman–Crippen LogP) is 4.03. The quantitative estimate of drug-likeness (QED) is 0.694. The van der Waals surface area contributed by atoms with Gasteiger partial charge in [-0.05, 0) is 42.0 Å². The van der Waals surface area contributed by atoms with Crippen LogP contribution in [0.3, 0.4) is 0 Å². The molecule has 3 heterocycles. The minimum absolute atomic E-state index is 0.100. The number of halogens is 1. The Labute approximate surface area is 146 Å². The third-order valence-corrected chi connectivity index (χ3v) is 6.48. The van der Waals surface area contributed by atoms with E-state index in [0.717, 1.165) is 31.5 Å². The average molecular weight is 359 g/mol. The summed E-state index contributed by atoms with van der Waals surface area (Å²) in [6.07, 6.45) is 4.30. The highest BCUT2D eigenvalue weighted by Crippen LogP contribution is 2.44. The van der Waals surface area contributed by atoms with Crippen LogP contribution in [-0.4, -0.2) is 22.4 Å². The smallest absolute Gasteiger partial charge is 0.254 e. The van der Waals surface area contributed by atoms with Crippen LogP contribution in [0, 0.1) is 5.82 Å². The molecule has 2 aromatic heterocycles. The summed E-state index contributed by atoms with van der Waals surface area (Å²) >= 11 is 3.16. The average Bonchev–Trinajstić information content (AvgIpc) is 3.22. The minimum atomic E-state index is -0.295. The molecule has 1 unspecified atom stereocenters. The van der Waals surface area contributed by atoms with Gasteiger partial charge < -0.3 is 5.32 Å². The third-order valence-electron chi connectivity index (χ3n) is 4.10. The summed E-state index contributed by atoms with van der Waals surface area (Å²) in [6, 6.07) is 8.08. The summed E-state index contributed by atoms with van der Waals surface area (Å²) in [7, 11) is 0. The van der Waals surface area contributed by atoms with Gasteiger partial charge in [-0.2, -0.15) is 5.10 Å². The lowest BCUT2D eigenvalue weighted by Crippen LogP contribution is -2.35. The molecular weight excluding hydrogens is 345 g/mol. The number of H-pyrrole nitrogens is 1. The number of nitrogens with zero attached hydrogens (tertiary/aromatic N) is 1. The van der Waals surface area contributed by atoms with Crippen LogP contribution < -0.4 is 5.32 Å². The SMILES string of the molecule is CSc1sc(-c2ccn[nH]2)c2c1C(=O)NC(c1cccc(F)c1)C2. The van der Waals surface area contributed by atoms with Crippen LogP contribution in [0.2, 0.25) is 0 Å². The Morgan fingerprint density at radius 3 is 2.96 bits per heavy atom. The number of nitrogens with one attached hydrogen (secondary N) is 2. The van der Waals surface area contributed by atoms with Gasteiger partial charge >= 0.3 is 0 Å². The first-order chi connectivity index (χ1) is 11.7. The maximum Gasteiger partial charge on any atom is 0.254 e. The first-order valence-electron chi connectivity index (χ1n) is 7.43. The second-order valence-electron chi connectivity index (χ2n) is 5.53. The molecule has 0 saturated carbocycles. The van der Waals surface area contributed by atoms with Gasteiger partial charge in [-0.1, -0.05) is 12.1 Å². The molecule has 1 aliphatic rings. The van der Waals surface area contributed by atoms with Gasteiger partial charge in [0.25, 0.3) is 5.91 Å².